The minimum atomic E-state index is -1.32. The normalized spacial score (nSPS) is 14.4. The molecule has 25 heavy (non-hydrogen) atoms. The van der Waals surface area contributed by atoms with Crippen LogP contribution in [0, 0.1) is 6.92 Å². The van der Waals surface area contributed by atoms with Gasteiger partial charge in [0, 0.05) is 5.39 Å². The van der Waals surface area contributed by atoms with Crippen molar-refractivity contribution in [1.82, 2.24) is 4.57 Å². The number of aromatic carboxylic acids is 1. The van der Waals surface area contributed by atoms with E-state index >= 15 is 0 Å². The SMILES string of the molecule is Cc1ccc2cc(C(=O)O)n(C(C)(N)CC(=O)OC(C)(C)C)c2c1Cl. The molecule has 0 spiro atoms. The Hall–Kier alpha value is -2.05. The first kappa shape index (κ1) is 19.3. The second-order valence-corrected chi connectivity index (χ2v) is 7.80. The number of esters is 1. The number of ether oxygens (including phenoxy) is 1. The van der Waals surface area contributed by atoms with Gasteiger partial charge in [-0.25, -0.2) is 4.79 Å². The third kappa shape index (κ3) is 3.96. The molecule has 6 nitrogen and oxygen atoms in total. The Morgan fingerprint density at radius 2 is 1.88 bits per heavy atom. The highest BCUT2D eigenvalue weighted by Crippen LogP contribution is 2.34. The monoisotopic (exact) mass is 366 g/mol. The fourth-order valence-corrected chi connectivity index (χ4v) is 3.05. The number of nitrogens with two attached hydrogens (primary N) is 1. The van der Waals surface area contributed by atoms with Crippen LogP contribution in [0.1, 0.15) is 50.2 Å². The van der Waals surface area contributed by atoms with Crippen LogP contribution in [0.5, 0.6) is 0 Å². The van der Waals surface area contributed by atoms with E-state index in [2.05, 4.69) is 0 Å². The molecule has 2 rings (SSSR count). The number of aryl methyl sites for hydroxylation is 1. The lowest BCUT2D eigenvalue weighted by atomic mass is 10.1. The van der Waals surface area contributed by atoms with Crippen molar-refractivity contribution in [3.63, 3.8) is 0 Å². The van der Waals surface area contributed by atoms with E-state index < -0.39 is 23.2 Å². The summed E-state index contributed by atoms with van der Waals surface area (Å²) < 4.78 is 6.73. The fraction of sp³-hybridized carbons (Fsp3) is 0.444. The van der Waals surface area contributed by atoms with Crippen molar-refractivity contribution in [3.05, 3.63) is 34.5 Å². The largest absolute Gasteiger partial charge is 0.477 e. The fourth-order valence-electron chi connectivity index (χ4n) is 2.79. The second kappa shape index (κ2) is 6.35. The van der Waals surface area contributed by atoms with Crippen molar-refractivity contribution < 1.29 is 19.4 Å². The third-order valence-corrected chi connectivity index (χ3v) is 4.23. The first-order valence-electron chi connectivity index (χ1n) is 7.88. The molecule has 2 aromatic rings. The van der Waals surface area contributed by atoms with Gasteiger partial charge in [-0.1, -0.05) is 23.7 Å². The van der Waals surface area contributed by atoms with Gasteiger partial charge in [0.1, 0.15) is 17.0 Å². The highest BCUT2D eigenvalue weighted by atomic mass is 35.5. The zero-order valence-corrected chi connectivity index (χ0v) is 15.8. The second-order valence-electron chi connectivity index (χ2n) is 7.42. The average molecular weight is 367 g/mol. The first-order chi connectivity index (χ1) is 11.3. The smallest absolute Gasteiger partial charge is 0.352 e. The van der Waals surface area contributed by atoms with Crippen LogP contribution < -0.4 is 5.73 Å². The van der Waals surface area contributed by atoms with Crippen molar-refractivity contribution in [2.45, 2.75) is 52.3 Å². The van der Waals surface area contributed by atoms with Crippen LogP contribution in [-0.2, 0) is 15.2 Å². The lowest BCUT2D eigenvalue weighted by Crippen LogP contribution is -2.44. The summed E-state index contributed by atoms with van der Waals surface area (Å²) in [7, 11) is 0. The minimum Gasteiger partial charge on any atom is -0.477 e. The Kier molecular flexibility index (Phi) is 4.90. The lowest BCUT2D eigenvalue weighted by molar-refractivity contribution is -0.157. The van der Waals surface area contributed by atoms with Gasteiger partial charge in [-0.3, -0.25) is 4.79 Å². The summed E-state index contributed by atoms with van der Waals surface area (Å²) in [5.41, 5.74) is 5.64. The first-order valence-corrected chi connectivity index (χ1v) is 8.26. The molecule has 0 saturated heterocycles. The van der Waals surface area contributed by atoms with Gasteiger partial charge in [-0.2, -0.15) is 0 Å². The number of rotatable bonds is 4. The van der Waals surface area contributed by atoms with Crippen LogP contribution in [0.3, 0.4) is 0 Å². The predicted molar refractivity (Wildman–Crippen MR) is 96.9 cm³/mol. The van der Waals surface area contributed by atoms with Crippen molar-refractivity contribution in [2.24, 2.45) is 5.73 Å². The van der Waals surface area contributed by atoms with E-state index in [1.54, 1.807) is 33.8 Å². The van der Waals surface area contributed by atoms with Crippen LogP contribution in [0.25, 0.3) is 10.9 Å². The molecule has 0 aliphatic carbocycles. The molecule has 0 saturated carbocycles. The van der Waals surface area contributed by atoms with Crippen LogP contribution in [0.2, 0.25) is 5.02 Å². The summed E-state index contributed by atoms with van der Waals surface area (Å²) in [6.45, 7) is 8.68. The quantitative estimate of drug-likeness (QED) is 0.805. The lowest BCUT2D eigenvalue weighted by Gasteiger charge is -2.30. The van der Waals surface area contributed by atoms with Gasteiger partial charge in [-0.15, -0.1) is 0 Å². The molecule has 136 valence electrons. The molecule has 0 radical (unpaired) electrons. The molecule has 0 bridgehead atoms. The third-order valence-electron chi connectivity index (χ3n) is 3.75. The molecule has 1 heterocycles. The van der Waals surface area contributed by atoms with Gasteiger partial charge < -0.3 is 20.1 Å². The summed E-state index contributed by atoms with van der Waals surface area (Å²) >= 11 is 6.41. The number of carbonyl (C=O) groups excluding carboxylic acids is 1. The Labute approximate surface area is 151 Å². The maximum Gasteiger partial charge on any atom is 0.352 e. The average Bonchev–Trinajstić information content (AvgIpc) is 2.81. The van der Waals surface area contributed by atoms with E-state index in [1.807, 2.05) is 13.0 Å². The van der Waals surface area contributed by atoms with Gasteiger partial charge in [-0.05, 0) is 46.2 Å². The van der Waals surface area contributed by atoms with Gasteiger partial charge in [0.05, 0.1) is 17.0 Å². The number of hydrogen-bond acceptors (Lipinski definition) is 4. The maximum absolute atomic E-state index is 12.2. The van der Waals surface area contributed by atoms with Crippen molar-refractivity contribution in [3.8, 4) is 0 Å². The number of carboxylic acid groups (broad SMARTS) is 1. The zero-order chi connectivity index (χ0) is 19.2. The number of benzene rings is 1. The number of carboxylic acids is 1. The Bertz CT molecular complexity index is 847. The van der Waals surface area contributed by atoms with E-state index in [1.165, 1.54) is 10.6 Å². The van der Waals surface area contributed by atoms with Gasteiger partial charge in [0.25, 0.3) is 0 Å². The van der Waals surface area contributed by atoms with E-state index in [4.69, 9.17) is 22.1 Å². The van der Waals surface area contributed by atoms with E-state index in [9.17, 15) is 14.7 Å². The molecule has 3 N–H and O–H groups in total. The number of carbonyl (C=O) groups is 2. The maximum atomic E-state index is 12.2. The topological polar surface area (TPSA) is 94.5 Å². The predicted octanol–water partition coefficient (Wildman–Crippen LogP) is 3.66. The van der Waals surface area contributed by atoms with Crippen molar-refractivity contribution in [2.75, 3.05) is 0 Å². The van der Waals surface area contributed by atoms with Crippen LogP contribution in [-0.4, -0.2) is 27.2 Å². The van der Waals surface area contributed by atoms with Gasteiger partial charge in [0.2, 0.25) is 0 Å². The Morgan fingerprint density at radius 3 is 2.40 bits per heavy atom. The molecule has 1 atom stereocenters. The molecule has 1 aromatic heterocycles. The van der Waals surface area contributed by atoms with E-state index in [-0.39, 0.29) is 12.1 Å². The molecule has 0 fully saturated rings. The van der Waals surface area contributed by atoms with Crippen LogP contribution >= 0.6 is 11.6 Å². The highest BCUT2D eigenvalue weighted by Gasteiger charge is 2.33. The molecule has 0 aliphatic rings. The number of fused-ring (bicyclic) bond motifs is 1. The molecular formula is C18H23ClN2O4. The summed E-state index contributed by atoms with van der Waals surface area (Å²) in [6.07, 6.45) is -0.196. The molecule has 0 aliphatic heterocycles. The molecule has 1 aromatic carbocycles. The molecule has 0 amide bonds. The van der Waals surface area contributed by atoms with E-state index in [0.717, 1.165) is 5.56 Å². The standard InChI is InChI=1S/C18H23ClN2O4/c1-10-6-7-11-8-12(16(23)24)21(15(11)14(10)19)18(5,20)9-13(22)25-17(2,3)4/h6-8H,9,20H2,1-5H3,(H,23,24). The highest BCUT2D eigenvalue weighted by molar-refractivity contribution is 6.36. The summed E-state index contributed by atoms with van der Waals surface area (Å²) in [5.74, 6) is -1.66. The van der Waals surface area contributed by atoms with Crippen LogP contribution in [0.4, 0.5) is 0 Å². The summed E-state index contributed by atoms with van der Waals surface area (Å²) in [5, 5.41) is 10.6. The number of nitrogens with zero attached hydrogens (tertiary/aromatic N) is 1. The molecule has 1 unspecified atom stereocenters. The van der Waals surface area contributed by atoms with Crippen molar-refractivity contribution in [1.29, 1.82) is 0 Å². The number of aromatic nitrogens is 1. The number of hydrogen-bond donors (Lipinski definition) is 2. The van der Waals surface area contributed by atoms with Gasteiger partial charge >= 0.3 is 11.9 Å². The zero-order valence-electron chi connectivity index (χ0n) is 15.0. The van der Waals surface area contributed by atoms with Gasteiger partial charge in [0.15, 0.2) is 0 Å². The number of halogens is 1. The van der Waals surface area contributed by atoms with Crippen molar-refractivity contribution >= 4 is 34.4 Å². The summed E-state index contributed by atoms with van der Waals surface area (Å²) in [4.78, 5) is 24.0. The Morgan fingerprint density at radius 1 is 1.28 bits per heavy atom. The molecular weight excluding hydrogens is 344 g/mol. The molecule has 7 heteroatoms. The minimum absolute atomic E-state index is 0.0314. The van der Waals surface area contributed by atoms with E-state index in [0.29, 0.717) is 15.9 Å². The van der Waals surface area contributed by atoms with Crippen LogP contribution in [0.15, 0.2) is 18.2 Å². The summed E-state index contributed by atoms with van der Waals surface area (Å²) in [6, 6.07) is 5.09. The Balaban J connectivity index is 2.61.